The van der Waals surface area contributed by atoms with Crippen LogP contribution in [0.2, 0.25) is 0 Å². The molecular weight excluding hydrogens is 228 g/mol. The fraction of sp³-hybridized carbons (Fsp3) is 0.143. The van der Waals surface area contributed by atoms with Crippen LogP contribution in [0.5, 0.6) is 0 Å². The van der Waals surface area contributed by atoms with Crippen molar-refractivity contribution >= 4 is 11.6 Å². The second-order valence-electron chi connectivity index (χ2n) is 3.82. The number of methoxy groups -OCH3 is 1. The van der Waals surface area contributed by atoms with Crippen LogP contribution < -0.4 is 5.32 Å². The Morgan fingerprint density at radius 1 is 1.28 bits per heavy atom. The molecule has 0 radical (unpaired) electrons. The molecule has 1 aromatic carbocycles. The predicted octanol–water partition coefficient (Wildman–Crippen LogP) is 2.48. The molecule has 1 amide bonds. The molecule has 2 rings (SSSR count). The Morgan fingerprint density at radius 2 is 2.06 bits per heavy atom. The number of anilines is 1. The van der Waals surface area contributed by atoms with Crippen molar-refractivity contribution in [3.8, 4) is 0 Å². The molecule has 0 aliphatic rings. The summed E-state index contributed by atoms with van der Waals surface area (Å²) in [5.41, 5.74) is 2.31. The fourth-order valence-corrected chi connectivity index (χ4v) is 1.61. The number of amides is 1. The first kappa shape index (κ1) is 12.3. The zero-order valence-electron chi connectivity index (χ0n) is 10.1. The third-order valence-electron chi connectivity index (χ3n) is 2.44. The van der Waals surface area contributed by atoms with Crippen molar-refractivity contribution in [1.82, 2.24) is 4.98 Å². The van der Waals surface area contributed by atoms with E-state index in [4.69, 9.17) is 4.74 Å². The van der Waals surface area contributed by atoms with E-state index in [-0.39, 0.29) is 5.91 Å². The highest BCUT2D eigenvalue weighted by Crippen LogP contribution is 2.10. The van der Waals surface area contributed by atoms with Crippen LogP contribution in [-0.4, -0.2) is 18.0 Å². The molecule has 1 aromatic heterocycles. The number of nitrogens with one attached hydrogen (secondary N) is 1. The maximum atomic E-state index is 12.0. The number of benzene rings is 1. The molecule has 2 aromatic rings. The Bertz CT molecular complexity index is 526. The second-order valence-corrected chi connectivity index (χ2v) is 3.82. The molecule has 4 heteroatoms. The topological polar surface area (TPSA) is 51.2 Å². The lowest BCUT2D eigenvalue weighted by Crippen LogP contribution is -2.12. The third-order valence-corrected chi connectivity index (χ3v) is 2.44. The van der Waals surface area contributed by atoms with E-state index in [1.165, 1.54) is 0 Å². The smallest absolute Gasteiger partial charge is 0.255 e. The molecule has 0 bridgehead atoms. The summed E-state index contributed by atoms with van der Waals surface area (Å²) >= 11 is 0. The van der Waals surface area contributed by atoms with E-state index >= 15 is 0 Å². The minimum Gasteiger partial charge on any atom is -0.380 e. The van der Waals surface area contributed by atoms with Gasteiger partial charge in [0, 0.05) is 30.8 Å². The van der Waals surface area contributed by atoms with Crippen molar-refractivity contribution in [3.05, 3.63) is 59.9 Å². The largest absolute Gasteiger partial charge is 0.380 e. The normalized spacial score (nSPS) is 10.1. The summed E-state index contributed by atoms with van der Waals surface area (Å²) in [6.45, 7) is 0.496. The average Bonchev–Trinajstić information content (AvgIpc) is 2.40. The molecule has 0 saturated carbocycles. The van der Waals surface area contributed by atoms with Crippen LogP contribution in [0.25, 0.3) is 0 Å². The van der Waals surface area contributed by atoms with E-state index in [1.54, 1.807) is 37.7 Å². The number of hydrogen-bond acceptors (Lipinski definition) is 3. The molecular formula is C14H14N2O2. The van der Waals surface area contributed by atoms with Gasteiger partial charge in [0.1, 0.15) is 0 Å². The summed E-state index contributed by atoms with van der Waals surface area (Å²) in [5.74, 6) is -0.140. The molecule has 1 N–H and O–H groups in total. The van der Waals surface area contributed by atoms with Crippen molar-refractivity contribution < 1.29 is 9.53 Å². The maximum absolute atomic E-state index is 12.0. The molecule has 18 heavy (non-hydrogen) atoms. The van der Waals surface area contributed by atoms with Gasteiger partial charge >= 0.3 is 0 Å². The highest BCUT2D eigenvalue weighted by molar-refractivity contribution is 6.04. The summed E-state index contributed by atoms with van der Waals surface area (Å²) in [4.78, 5) is 15.9. The van der Waals surface area contributed by atoms with Crippen LogP contribution in [0.4, 0.5) is 5.69 Å². The van der Waals surface area contributed by atoms with Crippen LogP contribution in [0.1, 0.15) is 15.9 Å². The van der Waals surface area contributed by atoms with Gasteiger partial charge in [0.2, 0.25) is 0 Å². The summed E-state index contributed by atoms with van der Waals surface area (Å²) in [5, 5.41) is 2.81. The Morgan fingerprint density at radius 3 is 2.78 bits per heavy atom. The van der Waals surface area contributed by atoms with Crippen LogP contribution >= 0.6 is 0 Å². The molecule has 0 saturated heterocycles. The molecule has 4 nitrogen and oxygen atoms in total. The van der Waals surface area contributed by atoms with Crippen LogP contribution in [0.3, 0.4) is 0 Å². The van der Waals surface area contributed by atoms with Crippen molar-refractivity contribution in [2.75, 3.05) is 12.4 Å². The minimum atomic E-state index is -0.140. The van der Waals surface area contributed by atoms with Crippen molar-refractivity contribution in [2.24, 2.45) is 0 Å². The van der Waals surface area contributed by atoms with Gasteiger partial charge in [-0.25, -0.2) is 0 Å². The molecule has 0 atom stereocenters. The molecule has 92 valence electrons. The number of carbonyl (C=O) groups excluding carboxylic acids is 1. The van der Waals surface area contributed by atoms with Gasteiger partial charge in [-0.2, -0.15) is 0 Å². The molecule has 0 aliphatic heterocycles. The van der Waals surface area contributed by atoms with Gasteiger partial charge in [0.25, 0.3) is 5.91 Å². The lowest BCUT2D eigenvalue weighted by molar-refractivity contribution is 0.102. The van der Waals surface area contributed by atoms with Gasteiger partial charge < -0.3 is 10.1 Å². The Kier molecular flexibility index (Phi) is 4.04. The number of hydrogen-bond donors (Lipinski definition) is 1. The van der Waals surface area contributed by atoms with Gasteiger partial charge in [-0.1, -0.05) is 12.1 Å². The van der Waals surface area contributed by atoms with Crippen LogP contribution in [0.15, 0.2) is 48.8 Å². The molecule has 0 fully saturated rings. The molecule has 0 aliphatic carbocycles. The van der Waals surface area contributed by atoms with Gasteiger partial charge in [-0.05, 0) is 29.8 Å². The fourth-order valence-electron chi connectivity index (χ4n) is 1.61. The standard InChI is InChI=1S/C14H14N2O2/c1-18-10-11-3-2-4-12(9-11)14(17)16-13-5-7-15-8-6-13/h2-9H,10H2,1H3,(H,15,16,17). The van der Waals surface area contributed by atoms with E-state index in [9.17, 15) is 4.79 Å². The van der Waals surface area contributed by atoms with E-state index < -0.39 is 0 Å². The van der Waals surface area contributed by atoms with Gasteiger partial charge in [-0.3, -0.25) is 9.78 Å². The number of pyridine rings is 1. The zero-order chi connectivity index (χ0) is 12.8. The van der Waals surface area contributed by atoms with Crippen LogP contribution in [-0.2, 0) is 11.3 Å². The summed E-state index contributed by atoms with van der Waals surface area (Å²) < 4.78 is 5.04. The number of ether oxygens (including phenoxy) is 1. The number of aromatic nitrogens is 1. The van der Waals surface area contributed by atoms with E-state index in [0.717, 1.165) is 11.3 Å². The summed E-state index contributed by atoms with van der Waals surface area (Å²) in [6.07, 6.45) is 3.27. The first-order valence-corrected chi connectivity index (χ1v) is 5.59. The molecule has 1 heterocycles. The Balaban J connectivity index is 2.11. The van der Waals surface area contributed by atoms with Gasteiger partial charge in [0.05, 0.1) is 6.61 Å². The number of rotatable bonds is 4. The van der Waals surface area contributed by atoms with E-state index in [0.29, 0.717) is 12.2 Å². The molecule has 0 unspecified atom stereocenters. The summed E-state index contributed by atoms with van der Waals surface area (Å²) in [6, 6.07) is 10.9. The lowest BCUT2D eigenvalue weighted by atomic mass is 10.1. The minimum absolute atomic E-state index is 0.140. The second kappa shape index (κ2) is 5.93. The maximum Gasteiger partial charge on any atom is 0.255 e. The monoisotopic (exact) mass is 242 g/mol. The van der Waals surface area contributed by atoms with Crippen molar-refractivity contribution in [1.29, 1.82) is 0 Å². The quantitative estimate of drug-likeness (QED) is 0.896. The van der Waals surface area contributed by atoms with Crippen molar-refractivity contribution in [3.63, 3.8) is 0 Å². The lowest BCUT2D eigenvalue weighted by Gasteiger charge is -2.06. The number of carbonyl (C=O) groups is 1. The number of nitrogens with zero attached hydrogens (tertiary/aromatic N) is 1. The first-order valence-electron chi connectivity index (χ1n) is 5.59. The van der Waals surface area contributed by atoms with Crippen molar-refractivity contribution in [2.45, 2.75) is 6.61 Å². The molecule has 0 spiro atoms. The average molecular weight is 242 g/mol. The summed E-state index contributed by atoms with van der Waals surface area (Å²) in [7, 11) is 1.63. The van der Waals surface area contributed by atoms with Gasteiger partial charge in [0.15, 0.2) is 0 Å². The first-order chi connectivity index (χ1) is 8.79. The third kappa shape index (κ3) is 3.15. The SMILES string of the molecule is COCc1cccc(C(=O)Nc2ccncc2)c1. The van der Waals surface area contributed by atoms with Crippen LogP contribution in [0, 0.1) is 0 Å². The van der Waals surface area contributed by atoms with E-state index in [1.807, 2.05) is 18.2 Å². The predicted molar refractivity (Wildman–Crippen MR) is 69.3 cm³/mol. The van der Waals surface area contributed by atoms with E-state index in [2.05, 4.69) is 10.3 Å². The highest BCUT2D eigenvalue weighted by atomic mass is 16.5. The Hall–Kier alpha value is -2.20. The van der Waals surface area contributed by atoms with Gasteiger partial charge in [-0.15, -0.1) is 0 Å². The zero-order valence-corrected chi connectivity index (χ0v) is 10.1. The highest BCUT2D eigenvalue weighted by Gasteiger charge is 2.06. The Labute approximate surface area is 106 Å².